The van der Waals surface area contributed by atoms with E-state index >= 15 is 0 Å². The van der Waals surface area contributed by atoms with Crippen molar-refractivity contribution in [1.82, 2.24) is 20.0 Å². The van der Waals surface area contributed by atoms with Crippen LogP contribution in [0.4, 0.5) is 10.6 Å². The largest absolute Gasteiger partial charge is 0.497 e. The first-order chi connectivity index (χ1) is 13.0. The van der Waals surface area contributed by atoms with Crippen LogP contribution in [-0.2, 0) is 4.79 Å². The van der Waals surface area contributed by atoms with Crippen LogP contribution in [0.15, 0.2) is 30.3 Å². The molecular weight excluding hydrogens is 346 g/mol. The van der Waals surface area contributed by atoms with Crippen molar-refractivity contribution in [3.63, 3.8) is 0 Å². The summed E-state index contributed by atoms with van der Waals surface area (Å²) in [6, 6.07) is 9.03. The first-order valence-corrected chi connectivity index (χ1v) is 9.06. The Kier molecular flexibility index (Phi) is 5.63. The molecule has 0 aliphatic carbocycles. The number of hydrogen-bond acceptors (Lipinski definition) is 4. The second-order valence-electron chi connectivity index (χ2n) is 6.54. The average Bonchev–Trinajstić information content (AvgIpc) is 3.29. The molecule has 8 nitrogen and oxygen atoms in total. The number of methoxy groups -OCH3 is 1. The summed E-state index contributed by atoms with van der Waals surface area (Å²) in [6.07, 6.45) is 0.677. The molecule has 144 valence electrons. The number of carbonyl (C=O) groups is 2. The van der Waals surface area contributed by atoms with Gasteiger partial charge in [-0.25, -0.2) is 9.48 Å². The van der Waals surface area contributed by atoms with Gasteiger partial charge in [0.2, 0.25) is 5.91 Å². The number of benzene rings is 1. The van der Waals surface area contributed by atoms with Gasteiger partial charge in [0, 0.05) is 25.7 Å². The highest BCUT2D eigenvalue weighted by Crippen LogP contribution is 2.22. The molecule has 0 bridgehead atoms. The van der Waals surface area contributed by atoms with E-state index in [2.05, 4.69) is 15.7 Å². The highest BCUT2D eigenvalue weighted by molar-refractivity contribution is 5.90. The van der Waals surface area contributed by atoms with Gasteiger partial charge in [0.05, 0.1) is 24.4 Å². The number of amides is 3. The van der Waals surface area contributed by atoms with Crippen molar-refractivity contribution in [2.75, 3.05) is 32.1 Å². The van der Waals surface area contributed by atoms with E-state index < -0.39 is 0 Å². The molecule has 0 radical (unpaired) electrons. The molecule has 1 saturated heterocycles. The van der Waals surface area contributed by atoms with Crippen LogP contribution in [0.2, 0.25) is 0 Å². The zero-order valence-electron chi connectivity index (χ0n) is 15.9. The minimum atomic E-state index is -0.225. The fourth-order valence-electron chi connectivity index (χ4n) is 3.17. The predicted molar refractivity (Wildman–Crippen MR) is 102 cm³/mol. The molecule has 1 atom stereocenters. The number of aromatic nitrogens is 2. The first kappa shape index (κ1) is 18.8. The number of hydrogen-bond donors (Lipinski definition) is 2. The topological polar surface area (TPSA) is 88.5 Å². The maximum atomic E-state index is 12.7. The average molecular weight is 371 g/mol. The van der Waals surface area contributed by atoms with Gasteiger partial charge in [-0.05, 0) is 44.5 Å². The Labute approximate surface area is 158 Å². The second kappa shape index (κ2) is 8.11. The number of aryl methyl sites for hydroxylation is 1. The number of carbonyl (C=O) groups excluding carboxylic acids is 2. The summed E-state index contributed by atoms with van der Waals surface area (Å²) >= 11 is 0. The SMILES string of the molecule is CCNC(=O)[C@H]1CCN(C(=O)Nc2cc(C)nn2-c2ccc(OC)cc2)C1. The molecule has 0 unspecified atom stereocenters. The third-order valence-electron chi connectivity index (χ3n) is 4.58. The van der Waals surface area contributed by atoms with Crippen molar-refractivity contribution < 1.29 is 14.3 Å². The Hall–Kier alpha value is -3.03. The van der Waals surface area contributed by atoms with E-state index in [1.54, 1.807) is 16.7 Å². The Bertz CT molecular complexity index is 815. The summed E-state index contributed by atoms with van der Waals surface area (Å²) in [7, 11) is 1.61. The monoisotopic (exact) mass is 371 g/mol. The number of urea groups is 1. The Morgan fingerprint density at radius 2 is 2.04 bits per heavy atom. The molecule has 2 N–H and O–H groups in total. The van der Waals surface area contributed by atoms with Crippen molar-refractivity contribution in [1.29, 1.82) is 0 Å². The van der Waals surface area contributed by atoms with Gasteiger partial charge in [0.1, 0.15) is 11.6 Å². The minimum Gasteiger partial charge on any atom is -0.497 e. The fraction of sp³-hybridized carbons (Fsp3) is 0.421. The summed E-state index contributed by atoms with van der Waals surface area (Å²) in [5.74, 6) is 1.20. The van der Waals surface area contributed by atoms with E-state index in [0.29, 0.717) is 31.9 Å². The van der Waals surface area contributed by atoms with Crippen molar-refractivity contribution in [3.8, 4) is 11.4 Å². The molecule has 8 heteroatoms. The Balaban J connectivity index is 1.70. The second-order valence-corrected chi connectivity index (χ2v) is 6.54. The highest BCUT2D eigenvalue weighted by Gasteiger charge is 2.31. The number of nitrogens with zero attached hydrogens (tertiary/aromatic N) is 3. The summed E-state index contributed by atoms with van der Waals surface area (Å²) in [4.78, 5) is 26.3. The van der Waals surface area contributed by atoms with Crippen LogP contribution >= 0.6 is 0 Å². The summed E-state index contributed by atoms with van der Waals surface area (Å²) in [6.45, 7) is 5.34. The van der Waals surface area contributed by atoms with Gasteiger partial charge in [-0.1, -0.05) is 0 Å². The van der Waals surface area contributed by atoms with E-state index in [9.17, 15) is 9.59 Å². The van der Waals surface area contributed by atoms with Gasteiger partial charge < -0.3 is 15.0 Å². The molecule has 1 fully saturated rings. The molecule has 2 heterocycles. The number of anilines is 1. The molecule has 3 rings (SSSR count). The summed E-state index contributed by atoms with van der Waals surface area (Å²) in [5.41, 5.74) is 1.61. The Morgan fingerprint density at radius 1 is 1.30 bits per heavy atom. The van der Waals surface area contributed by atoms with E-state index in [0.717, 1.165) is 17.1 Å². The normalized spacial score (nSPS) is 16.3. The maximum Gasteiger partial charge on any atom is 0.323 e. The molecule has 1 aromatic heterocycles. The van der Waals surface area contributed by atoms with Gasteiger partial charge in [-0.15, -0.1) is 0 Å². The van der Waals surface area contributed by atoms with E-state index in [-0.39, 0.29) is 17.9 Å². The van der Waals surface area contributed by atoms with Crippen LogP contribution in [0.3, 0.4) is 0 Å². The molecule has 0 saturated carbocycles. The van der Waals surface area contributed by atoms with Gasteiger partial charge >= 0.3 is 6.03 Å². The molecule has 1 aromatic carbocycles. The third kappa shape index (κ3) is 4.21. The van der Waals surface area contributed by atoms with E-state index in [1.165, 1.54) is 0 Å². The highest BCUT2D eigenvalue weighted by atomic mass is 16.5. The molecule has 1 aliphatic rings. The maximum absolute atomic E-state index is 12.7. The molecule has 27 heavy (non-hydrogen) atoms. The van der Waals surface area contributed by atoms with E-state index in [1.807, 2.05) is 44.2 Å². The number of nitrogens with one attached hydrogen (secondary N) is 2. The quantitative estimate of drug-likeness (QED) is 0.843. The summed E-state index contributed by atoms with van der Waals surface area (Å²) < 4.78 is 6.87. The van der Waals surface area contributed by atoms with Crippen molar-refractivity contribution in [2.24, 2.45) is 5.92 Å². The van der Waals surface area contributed by atoms with Crippen LogP contribution < -0.4 is 15.4 Å². The first-order valence-electron chi connectivity index (χ1n) is 9.06. The molecule has 0 spiro atoms. The zero-order valence-corrected chi connectivity index (χ0v) is 15.9. The fourth-order valence-corrected chi connectivity index (χ4v) is 3.17. The molecule has 1 aliphatic heterocycles. The van der Waals surface area contributed by atoms with Crippen LogP contribution in [0.5, 0.6) is 5.75 Å². The lowest BCUT2D eigenvalue weighted by Crippen LogP contribution is -2.36. The van der Waals surface area contributed by atoms with Crippen molar-refractivity contribution in [3.05, 3.63) is 36.0 Å². The minimum absolute atomic E-state index is 0.00641. The molecular formula is C19H25N5O3. The summed E-state index contributed by atoms with van der Waals surface area (Å²) in [5, 5.41) is 10.2. The van der Waals surface area contributed by atoms with Crippen molar-refractivity contribution in [2.45, 2.75) is 20.3 Å². The number of likely N-dealkylation sites (tertiary alicyclic amines) is 1. The standard InChI is InChI=1S/C19H25N5O3/c1-4-20-18(25)14-9-10-23(12-14)19(26)21-17-11-13(2)22-24(17)15-5-7-16(27-3)8-6-15/h5-8,11,14H,4,9-10,12H2,1-3H3,(H,20,25)(H,21,26)/t14-/m0/s1. The number of ether oxygens (including phenoxy) is 1. The van der Waals surface area contributed by atoms with E-state index in [4.69, 9.17) is 4.74 Å². The van der Waals surface area contributed by atoms with Crippen LogP contribution in [-0.4, -0.2) is 53.4 Å². The van der Waals surface area contributed by atoms with Gasteiger partial charge in [0.25, 0.3) is 0 Å². The lowest BCUT2D eigenvalue weighted by Gasteiger charge is -2.18. The van der Waals surface area contributed by atoms with Gasteiger partial charge in [0.15, 0.2) is 0 Å². The zero-order chi connectivity index (χ0) is 19.4. The lowest BCUT2D eigenvalue weighted by molar-refractivity contribution is -0.124. The third-order valence-corrected chi connectivity index (χ3v) is 4.58. The van der Waals surface area contributed by atoms with Gasteiger partial charge in [-0.2, -0.15) is 5.10 Å². The molecule has 3 amide bonds. The lowest BCUT2D eigenvalue weighted by atomic mass is 10.1. The van der Waals surface area contributed by atoms with Crippen LogP contribution in [0.25, 0.3) is 5.69 Å². The smallest absolute Gasteiger partial charge is 0.323 e. The van der Waals surface area contributed by atoms with Crippen molar-refractivity contribution >= 4 is 17.8 Å². The van der Waals surface area contributed by atoms with Crippen LogP contribution in [0, 0.1) is 12.8 Å². The van der Waals surface area contributed by atoms with Crippen LogP contribution in [0.1, 0.15) is 19.0 Å². The molecule has 2 aromatic rings. The van der Waals surface area contributed by atoms with Gasteiger partial charge in [-0.3, -0.25) is 10.1 Å². The predicted octanol–water partition coefficient (Wildman–Crippen LogP) is 2.18. The Morgan fingerprint density at radius 3 is 2.70 bits per heavy atom. The number of rotatable bonds is 5.